The summed E-state index contributed by atoms with van der Waals surface area (Å²) in [6.45, 7) is 7.05. The molecule has 0 atom stereocenters. The van der Waals surface area contributed by atoms with E-state index in [4.69, 9.17) is 9.84 Å². The lowest BCUT2D eigenvalue weighted by Crippen LogP contribution is -2.31. The second-order valence-electron chi connectivity index (χ2n) is 9.58. The first-order valence-corrected chi connectivity index (χ1v) is 13.2. The summed E-state index contributed by atoms with van der Waals surface area (Å²) in [5.41, 5.74) is 6.08. The molecule has 1 aliphatic heterocycles. The molecule has 1 saturated carbocycles. The van der Waals surface area contributed by atoms with Crippen LogP contribution in [0.5, 0.6) is 5.88 Å². The molecule has 0 saturated heterocycles. The molecule has 0 N–H and O–H groups in total. The SMILES string of the molecule is CC.COc1ncnc(C2CC2)c1-c1nn(C)c2c1CN(c1ccc(-n3nc(C(F)(F)F)cc3C)cc1)CC2. The number of nitrogens with zero attached hydrogens (tertiary/aromatic N) is 7. The van der Waals surface area contributed by atoms with Gasteiger partial charge in [-0.1, -0.05) is 13.8 Å². The summed E-state index contributed by atoms with van der Waals surface area (Å²) in [4.78, 5) is 11.2. The maximum absolute atomic E-state index is 13.1. The number of alkyl halides is 3. The summed E-state index contributed by atoms with van der Waals surface area (Å²) >= 11 is 0. The first-order valence-electron chi connectivity index (χ1n) is 13.2. The third-order valence-electron chi connectivity index (χ3n) is 7.12. The van der Waals surface area contributed by atoms with Crippen molar-refractivity contribution < 1.29 is 17.9 Å². The number of aryl methyl sites for hydroxylation is 2. The second kappa shape index (κ2) is 10.3. The zero-order chi connectivity index (χ0) is 27.9. The number of anilines is 1. The third-order valence-corrected chi connectivity index (χ3v) is 7.12. The van der Waals surface area contributed by atoms with Crippen LogP contribution in [0, 0.1) is 6.92 Å². The Hall–Kier alpha value is -3.89. The van der Waals surface area contributed by atoms with E-state index in [1.54, 1.807) is 32.5 Å². The highest BCUT2D eigenvalue weighted by molar-refractivity contribution is 5.73. The number of hydrogen-bond donors (Lipinski definition) is 0. The van der Waals surface area contributed by atoms with E-state index in [0.717, 1.165) is 60.1 Å². The number of benzene rings is 1. The van der Waals surface area contributed by atoms with Crippen LogP contribution in [0.25, 0.3) is 16.9 Å². The molecule has 8 nitrogen and oxygen atoms in total. The molecule has 4 heterocycles. The number of hydrogen-bond acceptors (Lipinski definition) is 6. The van der Waals surface area contributed by atoms with E-state index in [1.165, 1.54) is 10.4 Å². The average Bonchev–Trinajstić information content (AvgIpc) is 3.64. The number of fused-ring (bicyclic) bond motifs is 1. The van der Waals surface area contributed by atoms with Gasteiger partial charge in [-0.05, 0) is 50.1 Å². The van der Waals surface area contributed by atoms with E-state index >= 15 is 0 Å². The van der Waals surface area contributed by atoms with E-state index in [1.807, 2.05) is 37.7 Å². The largest absolute Gasteiger partial charge is 0.480 e. The van der Waals surface area contributed by atoms with Crippen molar-refractivity contribution in [1.29, 1.82) is 0 Å². The van der Waals surface area contributed by atoms with Gasteiger partial charge in [0.25, 0.3) is 0 Å². The van der Waals surface area contributed by atoms with Crippen LogP contribution in [-0.2, 0) is 26.2 Å². The van der Waals surface area contributed by atoms with Gasteiger partial charge < -0.3 is 9.64 Å². The van der Waals surface area contributed by atoms with Crippen molar-refractivity contribution in [3.05, 3.63) is 65.0 Å². The second-order valence-corrected chi connectivity index (χ2v) is 9.58. The fourth-order valence-corrected chi connectivity index (χ4v) is 5.12. The first-order chi connectivity index (χ1) is 18.7. The van der Waals surface area contributed by atoms with Crippen molar-refractivity contribution >= 4 is 5.69 Å². The minimum atomic E-state index is -4.48. The number of ether oxygens (including phenoxy) is 1. The van der Waals surface area contributed by atoms with Crippen LogP contribution in [-0.4, -0.2) is 43.2 Å². The van der Waals surface area contributed by atoms with Gasteiger partial charge in [0.1, 0.15) is 12.0 Å². The fourth-order valence-electron chi connectivity index (χ4n) is 5.12. The molecular weight excluding hydrogens is 507 g/mol. The van der Waals surface area contributed by atoms with E-state index in [0.29, 0.717) is 29.7 Å². The number of rotatable bonds is 5. The Labute approximate surface area is 225 Å². The van der Waals surface area contributed by atoms with Crippen LogP contribution in [0.4, 0.5) is 18.9 Å². The summed E-state index contributed by atoms with van der Waals surface area (Å²) in [6.07, 6.45) is 0.0806. The molecule has 39 heavy (non-hydrogen) atoms. The summed E-state index contributed by atoms with van der Waals surface area (Å²) < 4.78 is 48.2. The van der Waals surface area contributed by atoms with Gasteiger partial charge in [0.2, 0.25) is 5.88 Å². The highest BCUT2D eigenvalue weighted by Crippen LogP contribution is 2.46. The molecule has 6 rings (SSSR count). The Morgan fingerprint density at radius 2 is 1.69 bits per heavy atom. The van der Waals surface area contributed by atoms with Gasteiger partial charge >= 0.3 is 6.18 Å². The van der Waals surface area contributed by atoms with E-state index in [-0.39, 0.29) is 0 Å². The van der Waals surface area contributed by atoms with Gasteiger partial charge in [0, 0.05) is 55.1 Å². The quantitative estimate of drug-likeness (QED) is 0.316. The lowest BCUT2D eigenvalue weighted by Gasteiger charge is -2.30. The molecule has 1 aliphatic carbocycles. The number of halogens is 3. The van der Waals surface area contributed by atoms with Crippen molar-refractivity contribution in [2.45, 2.75) is 58.7 Å². The Balaban J connectivity index is 0.00000151. The minimum Gasteiger partial charge on any atom is -0.480 e. The maximum Gasteiger partial charge on any atom is 0.435 e. The van der Waals surface area contributed by atoms with Crippen molar-refractivity contribution in [3.8, 4) is 22.8 Å². The highest BCUT2D eigenvalue weighted by Gasteiger charge is 2.35. The van der Waals surface area contributed by atoms with E-state index < -0.39 is 11.9 Å². The Morgan fingerprint density at radius 1 is 1.00 bits per heavy atom. The molecule has 4 aromatic rings. The molecule has 1 aromatic carbocycles. The smallest absolute Gasteiger partial charge is 0.435 e. The van der Waals surface area contributed by atoms with Crippen LogP contribution >= 0.6 is 0 Å². The van der Waals surface area contributed by atoms with Crippen LogP contribution < -0.4 is 9.64 Å². The molecule has 2 aliphatic rings. The Kier molecular flexibility index (Phi) is 7.09. The normalized spacial score (nSPS) is 15.0. The van der Waals surface area contributed by atoms with Crippen LogP contribution in [0.15, 0.2) is 36.7 Å². The lowest BCUT2D eigenvalue weighted by atomic mass is 9.98. The van der Waals surface area contributed by atoms with Crippen molar-refractivity contribution in [2.24, 2.45) is 7.05 Å². The molecule has 0 radical (unpaired) electrons. The molecule has 11 heteroatoms. The standard InChI is InChI=1S/C26H26F3N7O.C2H6/c1-15-12-21(26(27,28)29)32-36(15)18-8-6-17(7-9-18)35-11-10-20-19(13-35)24(33-34(20)2)22-23(16-4-5-16)30-14-31-25(22)37-3;1-2/h6-9,12,14,16H,4-5,10-11,13H2,1-3H3;1-2H3. The molecule has 0 bridgehead atoms. The predicted octanol–water partition coefficient (Wildman–Crippen LogP) is 5.86. The highest BCUT2D eigenvalue weighted by atomic mass is 19.4. The van der Waals surface area contributed by atoms with Gasteiger partial charge in [-0.25, -0.2) is 14.6 Å². The van der Waals surface area contributed by atoms with Gasteiger partial charge in [-0.3, -0.25) is 4.68 Å². The lowest BCUT2D eigenvalue weighted by molar-refractivity contribution is -0.141. The maximum atomic E-state index is 13.1. The Bertz CT molecular complexity index is 1470. The zero-order valence-corrected chi connectivity index (χ0v) is 22.7. The minimum absolute atomic E-state index is 0.403. The van der Waals surface area contributed by atoms with Crippen molar-refractivity contribution in [1.82, 2.24) is 29.5 Å². The van der Waals surface area contributed by atoms with Crippen LogP contribution in [0.1, 0.15) is 60.9 Å². The average molecular weight is 540 g/mol. The topological polar surface area (TPSA) is 73.9 Å². The molecule has 0 amide bonds. The fraction of sp³-hybridized carbons (Fsp3) is 0.429. The molecule has 206 valence electrons. The monoisotopic (exact) mass is 539 g/mol. The predicted molar refractivity (Wildman–Crippen MR) is 142 cm³/mol. The van der Waals surface area contributed by atoms with Gasteiger partial charge in [0.15, 0.2) is 5.69 Å². The van der Waals surface area contributed by atoms with E-state index in [2.05, 4.69) is 20.0 Å². The summed E-state index contributed by atoms with van der Waals surface area (Å²) in [7, 11) is 3.58. The molecule has 0 spiro atoms. The molecule has 1 fully saturated rings. The molecule has 3 aromatic heterocycles. The summed E-state index contributed by atoms with van der Waals surface area (Å²) in [5, 5.41) is 8.64. The molecule has 0 unspecified atom stereocenters. The Morgan fingerprint density at radius 3 is 2.31 bits per heavy atom. The number of methoxy groups -OCH3 is 1. The van der Waals surface area contributed by atoms with Crippen LogP contribution in [0.3, 0.4) is 0 Å². The van der Waals surface area contributed by atoms with E-state index in [9.17, 15) is 13.2 Å². The summed E-state index contributed by atoms with van der Waals surface area (Å²) in [6, 6.07) is 8.50. The van der Waals surface area contributed by atoms with Gasteiger partial charge in [-0.2, -0.15) is 23.4 Å². The first kappa shape index (κ1) is 26.7. The third kappa shape index (κ3) is 4.97. The zero-order valence-electron chi connectivity index (χ0n) is 22.7. The van der Waals surface area contributed by atoms with Crippen molar-refractivity contribution in [3.63, 3.8) is 0 Å². The van der Waals surface area contributed by atoms with Gasteiger partial charge in [-0.15, -0.1) is 0 Å². The molecular formula is C28H32F3N7O. The summed E-state index contributed by atoms with van der Waals surface area (Å²) in [5.74, 6) is 0.938. The number of aromatic nitrogens is 6. The van der Waals surface area contributed by atoms with Gasteiger partial charge in [0.05, 0.1) is 24.1 Å². The van der Waals surface area contributed by atoms with Crippen molar-refractivity contribution in [2.75, 3.05) is 18.6 Å². The van der Waals surface area contributed by atoms with Crippen LogP contribution in [0.2, 0.25) is 0 Å².